The number of rotatable bonds is 4. The molecule has 2 aromatic carbocycles. The lowest BCUT2D eigenvalue weighted by atomic mass is 10.2. The van der Waals surface area contributed by atoms with Gasteiger partial charge in [-0.15, -0.1) is 0 Å². The smallest absolute Gasteiger partial charge is 0.255 e. The fraction of sp³-hybridized carbons (Fsp3) is 0.158. The van der Waals surface area contributed by atoms with Gasteiger partial charge in [-0.3, -0.25) is 9.48 Å². The number of hydrogen-bond acceptors (Lipinski definition) is 2. The minimum Gasteiger partial charge on any atom is -0.319 e. The first-order valence-corrected chi connectivity index (χ1v) is 8.58. The maximum Gasteiger partial charge on any atom is 0.255 e. The molecule has 1 amide bonds. The van der Waals surface area contributed by atoms with Crippen LogP contribution in [-0.4, -0.2) is 15.7 Å². The van der Waals surface area contributed by atoms with Gasteiger partial charge in [-0.25, -0.2) is 4.39 Å². The number of anilines is 1. The number of hydrogen-bond donors (Lipinski definition) is 1. The Morgan fingerprint density at radius 1 is 1.20 bits per heavy atom. The number of carbonyl (C=O) groups excluding carboxylic acids is 1. The lowest BCUT2D eigenvalue weighted by molar-refractivity contribution is 0.102. The van der Waals surface area contributed by atoms with Crippen LogP contribution in [0.1, 0.15) is 27.3 Å². The first-order chi connectivity index (χ1) is 11.9. The van der Waals surface area contributed by atoms with Gasteiger partial charge in [0.1, 0.15) is 5.82 Å². The molecule has 3 rings (SSSR count). The van der Waals surface area contributed by atoms with Crippen LogP contribution in [0.4, 0.5) is 10.1 Å². The minimum absolute atomic E-state index is 0.277. The van der Waals surface area contributed by atoms with Crippen molar-refractivity contribution in [2.45, 2.75) is 20.4 Å². The van der Waals surface area contributed by atoms with Crippen molar-refractivity contribution in [1.29, 1.82) is 0 Å². The standard InChI is InChI=1S/C19H17BrFN3O/c1-12-18(22-19(25)15-4-3-5-17(21)10-15)13(2)24(23-12)11-14-6-8-16(20)9-7-14/h3-10H,11H2,1-2H3,(H,22,25). The molecular weight excluding hydrogens is 385 g/mol. The predicted molar refractivity (Wildman–Crippen MR) is 99.3 cm³/mol. The van der Waals surface area contributed by atoms with Crippen molar-refractivity contribution in [3.63, 3.8) is 0 Å². The second-order valence-electron chi connectivity index (χ2n) is 5.79. The summed E-state index contributed by atoms with van der Waals surface area (Å²) in [6.07, 6.45) is 0. The summed E-state index contributed by atoms with van der Waals surface area (Å²) < 4.78 is 16.2. The third-order valence-electron chi connectivity index (χ3n) is 3.95. The van der Waals surface area contributed by atoms with Crippen molar-refractivity contribution in [1.82, 2.24) is 9.78 Å². The molecule has 0 saturated carbocycles. The summed E-state index contributed by atoms with van der Waals surface area (Å²) in [7, 11) is 0. The number of carbonyl (C=O) groups is 1. The van der Waals surface area contributed by atoms with Crippen molar-refractivity contribution in [2.24, 2.45) is 0 Å². The molecule has 4 nitrogen and oxygen atoms in total. The van der Waals surface area contributed by atoms with Gasteiger partial charge < -0.3 is 5.32 Å². The minimum atomic E-state index is -0.438. The Labute approximate surface area is 153 Å². The van der Waals surface area contributed by atoms with Crippen LogP contribution in [0, 0.1) is 19.7 Å². The van der Waals surface area contributed by atoms with Gasteiger partial charge in [-0.05, 0) is 49.7 Å². The van der Waals surface area contributed by atoms with Crippen LogP contribution in [0.5, 0.6) is 0 Å². The van der Waals surface area contributed by atoms with E-state index in [1.165, 1.54) is 18.2 Å². The summed E-state index contributed by atoms with van der Waals surface area (Å²) in [5.74, 6) is -0.791. The molecular formula is C19H17BrFN3O. The quantitative estimate of drug-likeness (QED) is 0.688. The summed E-state index contributed by atoms with van der Waals surface area (Å²) in [5, 5.41) is 7.35. The molecule has 0 bridgehead atoms. The number of aromatic nitrogens is 2. The maximum absolute atomic E-state index is 13.3. The van der Waals surface area contributed by atoms with Crippen LogP contribution in [0.15, 0.2) is 53.0 Å². The van der Waals surface area contributed by atoms with E-state index in [4.69, 9.17) is 0 Å². The zero-order chi connectivity index (χ0) is 18.0. The molecule has 0 spiro atoms. The highest BCUT2D eigenvalue weighted by Gasteiger charge is 2.15. The van der Waals surface area contributed by atoms with Gasteiger partial charge >= 0.3 is 0 Å². The molecule has 0 aliphatic rings. The molecule has 1 aromatic heterocycles. The normalized spacial score (nSPS) is 10.7. The number of nitrogens with one attached hydrogen (secondary N) is 1. The van der Waals surface area contributed by atoms with Gasteiger partial charge in [0.2, 0.25) is 0 Å². The number of benzene rings is 2. The maximum atomic E-state index is 13.3. The van der Waals surface area contributed by atoms with Gasteiger partial charge in [0, 0.05) is 10.0 Å². The van der Waals surface area contributed by atoms with E-state index in [9.17, 15) is 9.18 Å². The van der Waals surface area contributed by atoms with Gasteiger partial charge in [0.15, 0.2) is 0 Å². The Bertz CT molecular complexity index is 919. The molecule has 0 fully saturated rings. The summed E-state index contributed by atoms with van der Waals surface area (Å²) in [6, 6.07) is 13.6. The SMILES string of the molecule is Cc1nn(Cc2ccc(Br)cc2)c(C)c1NC(=O)c1cccc(F)c1. The molecule has 6 heteroatoms. The lowest BCUT2D eigenvalue weighted by Gasteiger charge is -2.08. The summed E-state index contributed by atoms with van der Waals surface area (Å²) in [6.45, 7) is 4.35. The van der Waals surface area contributed by atoms with Crippen molar-refractivity contribution in [2.75, 3.05) is 5.32 Å². The highest BCUT2D eigenvalue weighted by Crippen LogP contribution is 2.22. The zero-order valence-electron chi connectivity index (χ0n) is 13.9. The first kappa shape index (κ1) is 17.4. The molecule has 0 unspecified atom stereocenters. The van der Waals surface area contributed by atoms with Crippen molar-refractivity contribution in [3.8, 4) is 0 Å². The molecule has 0 aliphatic heterocycles. The third-order valence-corrected chi connectivity index (χ3v) is 4.48. The average Bonchev–Trinajstić information content (AvgIpc) is 2.84. The monoisotopic (exact) mass is 401 g/mol. The van der Waals surface area contributed by atoms with Gasteiger partial charge in [-0.2, -0.15) is 5.10 Å². The van der Waals surface area contributed by atoms with E-state index in [1.807, 2.05) is 42.8 Å². The molecule has 0 radical (unpaired) electrons. The van der Waals surface area contributed by atoms with Gasteiger partial charge in [0.05, 0.1) is 23.6 Å². The number of halogens is 2. The number of aryl methyl sites for hydroxylation is 1. The molecule has 0 atom stereocenters. The second-order valence-corrected chi connectivity index (χ2v) is 6.71. The van der Waals surface area contributed by atoms with E-state index in [-0.39, 0.29) is 11.5 Å². The Kier molecular flexibility index (Phi) is 4.99. The Morgan fingerprint density at radius 2 is 1.92 bits per heavy atom. The van der Waals surface area contributed by atoms with Crippen molar-refractivity contribution in [3.05, 3.63) is 81.3 Å². The van der Waals surface area contributed by atoms with E-state index in [1.54, 1.807) is 6.07 Å². The molecule has 0 aliphatic carbocycles. The van der Waals surface area contributed by atoms with Crippen LogP contribution in [0.2, 0.25) is 0 Å². The van der Waals surface area contributed by atoms with Crippen molar-refractivity contribution < 1.29 is 9.18 Å². The molecule has 1 N–H and O–H groups in total. The van der Waals surface area contributed by atoms with Crippen LogP contribution in [0.3, 0.4) is 0 Å². The molecule has 0 saturated heterocycles. The molecule has 3 aromatic rings. The first-order valence-electron chi connectivity index (χ1n) is 7.79. The number of nitrogens with zero attached hydrogens (tertiary/aromatic N) is 2. The highest BCUT2D eigenvalue weighted by molar-refractivity contribution is 9.10. The summed E-state index contributed by atoms with van der Waals surface area (Å²) in [4.78, 5) is 12.4. The summed E-state index contributed by atoms with van der Waals surface area (Å²) >= 11 is 3.42. The second kappa shape index (κ2) is 7.19. The third kappa shape index (κ3) is 3.96. The van der Waals surface area contributed by atoms with Crippen LogP contribution >= 0.6 is 15.9 Å². The fourth-order valence-corrected chi connectivity index (χ4v) is 2.87. The van der Waals surface area contributed by atoms with Crippen LogP contribution < -0.4 is 5.32 Å². The topological polar surface area (TPSA) is 46.9 Å². The lowest BCUT2D eigenvalue weighted by Crippen LogP contribution is -2.13. The predicted octanol–water partition coefficient (Wildman–Crippen LogP) is 4.70. The van der Waals surface area contributed by atoms with Crippen molar-refractivity contribution >= 4 is 27.5 Å². The van der Waals surface area contributed by atoms with E-state index in [0.29, 0.717) is 12.2 Å². The van der Waals surface area contributed by atoms with Crippen LogP contribution in [0.25, 0.3) is 0 Å². The summed E-state index contributed by atoms with van der Waals surface area (Å²) in [5.41, 5.74) is 3.62. The zero-order valence-corrected chi connectivity index (χ0v) is 15.5. The van der Waals surface area contributed by atoms with Gasteiger partial charge in [0.25, 0.3) is 5.91 Å². The van der Waals surface area contributed by atoms with Gasteiger partial charge in [-0.1, -0.05) is 34.1 Å². The molecule has 1 heterocycles. The Balaban J connectivity index is 1.82. The molecule has 25 heavy (non-hydrogen) atoms. The van der Waals surface area contributed by atoms with E-state index >= 15 is 0 Å². The Hall–Kier alpha value is -2.47. The van der Waals surface area contributed by atoms with E-state index in [0.717, 1.165) is 21.4 Å². The van der Waals surface area contributed by atoms with E-state index < -0.39 is 5.82 Å². The fourth-order valence-electron chi connectivity index (χ4n) is 2.61. The van der Waals surface area contributed by atoms with Crippen LogP contribution in [-0.2, 0) is 6.54 Å². The average molecular weight is 402 g/mol. The van der Waals surface area contributed by atoms with E-state index in [2.05, 4.69) is 26.3 Å². The highest BCUT2D eigenvalue weighted by atomic mass is 79.9. The largest absolute Gasteiger partial charge is 0.319 e. The number of amides is 1. The Morgan fingerprint density at radius 3 is 2.60 bits per heavy atom. The molecule has 128 valence electrons.